The highest BCUT2D eigenvalue weighted by molar-refractivity contribution is 6.28. The second-order valence-corrected chi connectivity index (χ2v) is 8.86. The molecule has 7 aromatic rings. The van der Waals surface area contributed by atoms with E-state index >= 15 is 0 Å². The molecule has 0 atom stereocenters. The molecule has 0 N–H and O–H groups in total. The third-order valence-electron chi connectivity index (χ3n) is 6.83. The zero-order chi connectivity index (χ0) is 23.9. The number of rotatable bonds is 3. The first-order chi connectivity index (χ1) is 17.9. The number of nitrogens with zero attached hydrogens (tertiary/aromatic N) is 3. The van der Waals surface area contributed by atoms with Crippen molar-refractivity contribution in [3.63, 3.8) is 0 Å². The lowest BCUT2D eigenvalue weighted by Crippen LogP contribution is -1.97. The minimum absolute atomic E-state index is 0.668. The summed E-state index contributed by atoms with van der Waals surface area (Å²) in [5, 5.41) is 7.54. The normalized spacial score (nSPS) is 11.3. The van der Waals surface area contributed by atoms with Crippen molar-refractivity contribution < 1.29 is 0 Å². The van der Waals surface area contributed by atoms with Crippen molar-refractivity contribution in [2.75, 3.05) is 0 Å². The summed E-state index contributed by atoms with van der Waals surface area (Å²) < 4.78 is 0. The van der Waals surface area contributed by atoms with Crippen molar-refractivity contribution in [2.45, 2.75) is 0 Å². The van der Waals surface area contributed by atoms with Crippen LogP contribution in [0, 0.1) is 0 Å². The molecule has 0 bridgehead atoms. The smallest absolute Gasteiger partial charge is 0.163 e. The van der Waals surface area contributed by atoms with Crippen LogP contribution in [0.3, 0.4) is 0 Å². The average molecular weight is 460 g/mol. The molecule has 168 valence electrons. The van der Waals surface area contributed by atoms with Crippen LogP contribution in [0.2, 0.25) is 0 Å². The van der Waals surface area contributed by atoms with Gasteiger partial charge in [-0.15, -0.1) is 0 Å². The van der Waals surface area contributed by atoms with Crippen LogP contribution in [0.4, 0.5) is 0 Å². The Kier molecular flexibility index (Phi) is 4.78. The highest BCUT2D eigenvalue weighted by Gasteiger charge is 2.16. The number of fused-ring (bicyclic) bond motifs is 6. The van der Waals surface area contributed by atoms with E-state index in [1.807, 2.05) is 36.4 Å². The molecular formula is C33H21N3. The highest BCUT2D eigenvalue weighted by Crippen LogP contribution is 2.42. The summed E-state index contributed by atoms with van der Waals surface area (Å²) in [4.78, 5) is 13.9. The molecule has 0 amide bonds. The van der Waals surface area contributed by atoms with E-state index < -0.39 is 0 Å². The van der Waals surface area contributed by atoms with Crippen molar-refractivity contribution in [3.8, 4) is 33.9 Å². The topological polar surface area (TPSA) is 38.7 Å². The van der Waals surface area contributed by atoms with Crippen LogP contribution in [0.1, 0.15) is 0 Å². The summed E-state index contributed by atoms with van der Waals surface area (Å²) >= 11 is 0. The molecule has 0 unspecified atom stereocenters. The second-order valence-electron chi connectivity index (χ2n) is 8.86. The Morgan fingerprint density at radius 2 is 0.861 bits per heavy atom. The Morgan fingerprint density at radius 3 is 1.58 bits per heavy atom. The lowest BCUT2D eigenvalue weighted by Gasteiger charge is -2.16. The standard InChI is InChI=1S/C33H21N3/c1-2-11-22(12-3-1)32-34-21-35-33(36-32)30-18-9-7-16-26(30)29-20-10-19-28-25-14-5-4-13-23(25)24-15-6-8-17-27(24)31(28)29/h1-21H. The van der Waals surface area contributed by atoms with Gasteiger partial charge in [0.15, 0.2) is 11.6 Å². The van der Waals surface area contributed by atoms with Gasteiger partial charge in [-0.25, -0.2) is 15.0 Å². The molecule has 1 aromatic heterocycles. The van der Waals surface area contributed by atoms with E-state index in [4.69, 9.17) is 4.98 Å². The molecule has 3 nitrogen and oxygen atoms in total. The van der Waals surface area contributed by atoms with Gasteiger partial charge in [0.25, 0.3) is 0 Å². The summed E-state index contributed by atoms with van der Waals surface area (Å²) in [5.74, 6) is 1.34. The third-order valence-corrected chi connectivity index (χ3v) is 6.83. The van der Waals surface area contributed by atoms with Crippen molar-refractivity contribution >= 4 is 32.3 Å². The maximum absolute atomic E-state index is 4.87. The van der Waals surface area contributed by atoms with Crippen LogP contribution < -0.4 is 0 Å². The lowest BCUT2D eigenvalue weighted by molar-refractivity contribution is 1.07. The molecular weight excluding hydrogens is 438 g/mol. The van der Waals surface area contributed by atoms with E-state index in [-0.39, 0.29) is 0 Å². The van der Waals surface area contributed by atoms with E-state index in [2.05, 4.69) is 94.9 Å². The van der Waals surface area contributed by atoms with Crippen molar-refractivity contribution in [1.82, 2.24) is 15.0 Å². The zero-order valence-electron chi connectivity index (χ0n) is 19.5. The fraction of sp³-hybridized carbons (Fsp3) is 0. The van der Waals surface area contributed by atoms with E-state index in [0.717, 1.165) is 16.7 Å². The highest BCUT2D eigenvalue weighted by atomic mass is 15.0. The van der Waals surface area contributed by atoms with Crippen LogP contribution in [0.15, 0.2) is 128 Å². The van der Waals surface area contributed by atoms with E-state index in [9.17, 15) is 0 Å². The monoisotopic (exact) mass is 459 g/mol. The van der Waals surface area contributed by atoms with Gasteiger partial charge in [-0.05, 0) is 43.4 Å². The minimum atomic E-state index is 0.668. The van der Waals surface area contributed by atoms with Gasteiger partial charge in [0.2, 0.25) is 0 Å². The summed E-state index contributed by atoms with van der Waals surface area (Å²) in [5.41, 5.74) is 4.24. The van der Waals surface area contributed by atoms with Gasteiger partial charge >= 0.3 is 0 Å². The van der Waals surface area contributed by atoms with Gasteiger partial charge in [0, 0.05) is 11.1 Å². The molecule has 0 aliphatic heterocycles. The average Bonchev–Trinajstić information content (AvgIpc) is 2.97. The van der Waals surface area contributed by atoms with E-state index in [0.29, 0.717) is 11.6 Å². The van der Waals surface area contributed by atoms with Crippen LogP contribution >= 0.6 is 0 Å². The number of hydrogen-bond acceptors (Lipinski definition) is 3. The van der Waals surface area contributed by atoms with Crippen molar-refractivity contribution in [3.05, 3.63) is 128 Å². The van der Waals surface area contributed by atoms with E-state index in [1.54, 1.807) is 6.33 Å². The summed E-state index contributed by atoms with van der Waals surface area (Å²) in [6, 6.07) is 42.4. The van der Waals surface area contributed by atoms with Gasteiger partial charge in [-0.1, -0.05) is 121 Å². The number of hydrogen-bond donors (Lipinski definition) is 0. The molecule has 0 radical (unpaired) electrons. The molecule has 0 spiro atoms. The molecule has 0 saturated carbocycles. The molecule has 0 fully saturated rings. The fourth-order valence-corrected chi connectivity index (χ4v) is 5.25. The second kappa shape index (κ2) is 8.40. The zero-order valence-corrected chi connectivity index (χ0v) is 19.5. The largest absolute Gasteiger partial charge is 0.217 e. The predicted octanol–water partition coefficient (Wildman–Crippen LogP) is 8.33. The SMILES string of the molecule is c1ccc(-c2ncnc(-c3ccccc3-c3cccc4c5ccccc5c5ccccc5c34)n2)cc1. The Hall–Kier alpha value is -4.89. The first-order valence-corrected chi connectivity index (χ1v) is 12.0. The Morgan fingerprint density at radius 1 is 0.361 bits per heavy atom. The number of benzene rings is 6. The van der Waals surface area contributed by atoms with Crippen LogP contribution in [0.5, 0.6) is 0 Å². The van der Waals surface area contributed by atoms with Gasteiger partial charge < -0.3 is 0 Å². The molecule has 0 saturated heterocycles. The van der Waals surface area contributed by atoms with Gasteiger partial charge in [-0.2, -0.15) is 0 Å². The first-order valence-electron chi connectivity index (χ1n) is 12.0. The number of aromatic nitrogens is 3. The van der Waals surface area contributed by atoms with Crippen LogP contribution in [0.25, 0.3) is 66.2 Å². The molecule has 0 aliphatic rings. The Balaban J connectivity index is 1.53. The Labute approximate surface area is 208 Å². The van der Waals surface area contributed by atoms with Gasteiger partial charge in [0.1, 0.15) is 6.33 Å². The third kappa shape index (κ3) is 3.25. The predicted molar refractivity (Wildman–Crippen MR) is 149 cm³/mol. The molecule has 6 aromatic carbocycles. The maximum Gasteiger partial charge on any atom is 0.163 e. The van der Waals surface area contributed by atoms with Gasteiger partial charge in [-0.3, -0.25) is 0 Å². The Bertz CT molecular complexity index is 1850. The lowest BCUT2D eigenvalue weighted by atomic mass is 9.88. The summed E-state index contributed by atoms with van der Waals surface area (Å²) in [7, 11) is 0. The summed E-state index contributed by atoms with van der Waals surface area (Å²) in [6.45, 7) is 0. The van der Waals surface area contributed by atoms with Crippen molar-refractivity contribution in [2.24, 2.45) is 0 Å². The van der Waals surface area contributed by atoms with Crippen LogP contribution in [-0.2, 0) is 0 Å². The summed E-state index contributed by atoms with van der Waals surface area (Å²) in [6.07, 6.45) is 1.60. The molecule has 1 heterocycles. The van der Waals surface area contributed by atoms with E-state index in [1.165, 1.54) is 37.9 Å². The first kappa shape index (κ1) is 20.5. The molecule has 3 heteroatoms. The quantitative estimate of drug-likeness (QED) is 0.249. The fourth-order valence-electron chi connectivity index (χ4n) is 5.25. The minimum Gasteiger partial charge on any atom is -0.217 e. The van der Waals surface area contributed by atoms with Crippen LogP contribution in [-0.4, -0.2) is 15.0 Å². The molecule has 36 heavy (non-hydrogen) atoms. The molecule has 0 aliphatic carbocycles. The van der Waals surface area contributed by atoms with Crippen molar-refractivity contribution in [1.29, 1.82) is 0 Å². The maximum atomic E-state index is 4.87. The molecule has 7 rings (SSSR count). The van der Waals surface area contributed by atoms with Gasteiger partial charge in [0.05, 0.1) is 0 Å².